The lowest BCUT2D eigenvalue weighted by Gasteiger charge is -2.17. The third kappa shape index (κ3) is 4.16. The Labute approximate surface area is 156 Å². The van der Waals surface area contributed by atoms with Crippen LogP contribution < -0.4 is 5.32 Å². The van der Waals surface area contributed by atoms with E-state index < -0.39 is 9.84 Å². The van der Waals surface area contributed by atoms with Crippen LogP contribution in [0.3, 0.4) is 0 Å². The predicted molar refractivity (Wildman–Crippen MR) is 94.8 cm³/mol. The average molecular weight is 399 g/mol. The molecule has 2 aromatic rings. The number of likely N-dealkylation sites (tertiary alicyclic amines) is 1. The number of nitrogens with one attached hydrogen (secondary N) is 1. The number of amides is 2. The highest BCUT2D eigenvalue weighted by molar-refractivity contribution is 7.90. The van der Waals surface area contributed by atoms with E-state index in [1.54, 1.807) is 24.0 Å². The lowest BCUT2D eigenvalue weighted by Crippen LogP contribution is -2.38. The molecule has 1 saturated heterocycles. The number of aryl methyl sites for hydroxylation is 1. The van der Waals surface area contributed by atoms with Crippen LogP contribution in [0.2, 0.25) is 5.02 Å². The first-order valence-corrected chi connectivity index (χ1v) is 10.3. The molecule has 1 aliphatic heterocycles. The minimum atomic E-state index is -3.37. The number of sulfone groups is 1. The molecule has 0 radical (unpaired) electrons. The van der Waals surface area contributed by atoms with Gasteiger partial charge in [0.15, 0.2) is 15.7 Å². The molecule has 8 nitrogen and oxygen atoms in total. The molecule has 2 amide bonds. The van der Waals surface area contributed by atoms with Gasteiger partial charge in [-0.1, -0.05) is 22.8 Å². The Balaban J connectivity index is 1.57. The van der Waals surface area contributed by atoms with Crippen molar-refractivity contribution in [3.63, 3.8) is 0 Å². The van der Waals surface area contributed by atoms with Gasteiger partial charge in [0.05, 0.1) is 15.8 Å². The van der Waals surface area contributed by atoms with Gasteiger partial charge in [-0.25, -0.2) is 13.2 Å². The molecule has 0 bridgehead atoms. The molecule has 0 spiro atoms. The van der Waals surface area contributed by atoms with Crippen molar-refractivity contribution in [3.8, 4) is 0 Å². The van der Waals surface area contributed by atoms with Gasteiger partial charge in [-0.15, -0.1) is 0 Å². The zero-order valence-electron chi connectivity index (χ0n) is 14.4. The Morgan fingerprint density at radius 1 is 1.46 bits per heavy atom. The second-order valence-electron chi connectivity index (χ2n) is 6.31. The Kier molecular flexibility index (Phi) is 5.19. The minimum absolute atomic E-state index is 0.0467. The third-order valence-electron chi connectivity index (χ3n) is 4.21. The van der Waals surface area contributed by atoms with Crippen LogP contribution in [0.5, 0.6) is 0 Å². The summed E-state index contributed by atoms with van der Waals surface area (Å²) in [5.74, 6) is 1.18. The highest BCUT2D eigenvalue weighted by Gasteiger charge is 2.30. The number of aromatic nitrogens is 2. The molecule has 140 valence electrons. The van der Waals surface area contributed by atoms with Gasteiger partial charge in [0, 0.05) is 25.9 Å². The fraction of sp³-hybridized carbons (Fsp3) is 0.438. The van der Waals surface area contributed by atoms with Crippen LogP contribution in [0.4, 0.5) is 4.79 Å². The van der Waals surface area contributed by atoms with E-state index >= 15 is 0 Å². The van der Waals surface area contributed by atoms with Crippen LogP contribution in [0.25, 0.3) is 0 Å². The third-order valence-corrected chi connectivity index (χ3v) is 5.79. The SMILES string of the molecule is Cc1noc(C2CCN(C(=O)NCc3ccc(S(C)(=O)=O)c(Cl)c3)C2)n1. The molecule has 1 atom stereocenters. The van der Waals surface area contributed by atoms with Crippen LogP contribution in [-0.4, -0.2) is 48.8 Å². The van der Waals surface area contributed by atoms with Crippen LogP contribution in [0.15, 0.2) is 27.6 Å². The Bertz CT molecular complexity index is 928. The molecule has 1 aromatic carbocycles. The molecular weight excluding hydrogens is 380 g/mol. The van der Waals surface area contributed by atoms with Crippen molar-refractivity contribution in [2.45, 2.75) is 30.7 Å². The van der Waals surface area contributed by atoms with Crippen molar-refractivity contribution in [1.29, 1.82) is 0 Å². The normalized spacial score (nSPS) is 17.5. The van der Waals surface area contributed by atoms with Crippen molar-refractivity contribution in [3.05, 3.63) is 40.5 Å². The molecule has 3 rings (SSSR count). The molecule has 1 fully saturated rings. The molecule has 10 heteroatoms. The second kappa shape index (κ2) is 7.24. The van der Waals surface area contributed by atoms with E-state index in [4.69, 9.17) is 16.1 Å². The molecule has 1 aliphatic rings. The summed E-state index contributed by atoms with van der Waals surface area (Å²) in [5.41, 5.74) is 0.721. The van der Waals surface area contributed by atoms with E-state index in [1.807, 2.05) is 0 Å². The number of benzene rings is 1. The number of hydrogen-bond acceptors (Lipinski definition) is 6. The number of nitrogens with zero attached hydrogens (tertiary/aromatic N) is 3. The average Bonchev–Trinajstić information content (AvgIpc) is 3.20. The Morgan fingerprint density at radius 3 is 2.85 bits per heavy atom. The topological polar surface area (TPSA) is 105 Å². The largest absolute Gasteiger partial charge is 0.339 e. The van der Waals surface area contributed by atoms with Crippen molar-refractivity contribution in [2.24, 2.45) is 0 Å². The number of rotatable bonds is 4. The first-order chi connectivity index (χ1) is 12.2. The van der Waals surface area contributed by atoms with Crippen molar-refractivity contribution < 1.29 is 17.7 Å². The summed E-state index contributed by atoms with van der Waals surface area (Å²) in [6.45, 7) is 3.13. The highest BCUT2D eigenvalue weighted by atomic mass is 35.5. The second-order valence-corrected chi connectivity index (χ2v) is 8.70. The van der Waals surface area contributed by atoms with Crippen LogP contribution in [-0.2, 0) is 16.4 Å². The van der Waals surface area contributed by atoms with Gasteiger partial charge in [0.25, 0.3) is 0 Å². The van der Waals surface area contributed by atoms with Crippen molar-refractivity contribution >= 4 is 27.5 Å². The monoisotopic (exact) mass is 398 g/mol. The summed E-state index contributed by atoms with van der Waals surface area (Å²) >= 11 is 6.02. The van der Waals surface area contributed by atoms with E-state index in [2.05, 4.69) is 15.5 Å². The van der Waals surface area contributed by atoms with Gasteiger partial charge in [-0.05, 0) is 31.0 Å². The molecule has 1 N–H and O–H groups in total. The van der Waals surface area contributed by atoms with Crippen LogP contribution in [0, 0.1) is 6.92 Å². The molecular formula is C16H19ClN4O4S. The zero-order chi connectivity index (χ0) is 18.9. The van der Waals surface area contributed by atoms with Gasteiger partial charge >= 0.3 is 6.03 Å². The van der Waals surface area contributed by atoms with Gasteiger partial charge in [-0.3, -0.25) is 0 Å². The quantitative estimate of drug-likeness (QED) is 0.845. The fourth-order valence-corrected chi connectivity index (χ4v) is 4.22. The number of halogens is 1. The van der Waals surface area contributed by atoms with Gasteiger partial charge in [0.2, 0.25) is 5.89 Å². The van der Waals surface area contributed by atoms with Crippen LogP contribution in [0.1, 0.15) is 29.6 Å². The summed E-state index contributed by atoms with van der Waals surface area (Å²) in [6, 6.07) is 4.43. The van der Waals surface area contributed by atoms with E-state index in [0.29, 0.717) is 24.8 Å². The molecule has 26 heavy (non-hydrogen) atoms. The van der Waals surface area contributed by atoms with Crippen molar-refractivity contribution in [1.82, 2.24) is 20.4 Å². The number of carbonyl (C=O) groups excluding carboxylic acids is 1. The van der Waals surface area contributed by atoms with Gasteiger partial charge < -0.3 is 14.7 Å². The summed E-state index contributed by atoms with van der Waals surface area (Å²) in [6.07, 6.45) is 1.87. The lowest BCUT2D eigenvalue weighted by atomic mass is 10.1. The first-order valence-electron chi connectivity index (χ1n) is 8.05. The number of carbonyl (C=O) groups is 1. The highest BCUT2D eigenvalue weighted by Crippen LogP contribution is 2.26. The maximum atomic E-state index is 12.3. The minimum Gasteiger partial charge on any atom is -0.339 e. The summed E-state index contributed by atoms with van der Waals surface area (Å²) < 4.78 is 28.3. The Hall–Kier alpha value is -2.13. The fourth-order valence-electron chi connectivity index (χ4n) is 2.87. The molecule has 0 saturated carbocycles. The Morgan fingerprint density at radius 2 is 2.23 bits per heavy atom. The predicted octanol–water partition coefficient (Wildman–Crippen LogP) is 2.13. The zero-order valence-corrected chi connectivity index (χ0v) is 16.0. The number of urea groups is 1. The maximum absolute atomic E-state index is 12.3. The maximum Gasteiger partial charge on any atom is 0.317 e. The van der Waals surface area contributed by atoms with Gasteiger partial charge in [0.1, 0.15) is 0 Å². The summed E-state index contributed by atoms with van der Waals surface area (Å²) in [4.78, 5) is 18.3. The molecule has 1 aromatic heterocycles. The molecule has 0 aliphatic carbocycles. The van der Waals surface area contributed by atoms with E-state index in [0.717, 1.165) is 18.2 Å². The lowest BCUT2D eigenvalue weighted by molar-refractivity contribution is 0.207. The van der Waals surface area contributed by atoms with E-state index in [1.165, 1.54) is 6.07 Å². The van der Waals surface area contributed by atoms with Crippen LogP contribution >= 0.6 is 11.6 Å². The smallest absolute Gasteiger partial charge is 0.317 e. The molecule has 2 heterocycles. The summed E-state index contributed by atoms with van der Waals surface area (Å²) in [5, 5.41) is 6.74. The van der Waals surface area contributed by atoms with Gasteiger partial charge in [-0.2, -0.15) is 4.98 Å². The number of hydrogen-bond donors (Lipinski definition) is 1. The summed E-state index contributed by atoms with van der Waals surface area (Å²) in [7, 11) is -3.37. The van der Waals surface area contributed by atoms with Crippen molar-refractivity contribution in [2.75, 3.05) is 19.3 Å². The molecule has 1 unspecified atom stereocenters. The van der Waals surface area contributed by atoms with E-state index in [-0.39, 0.29) is 28.4 Å². The first kappa shape index (κ1) is 18.7. The van der Waals surface area contributed by atoms with E-state index in [9.17, 15) is 13.2 Å². The standard InChI is InChI=1S/C16H19ClN4O4S/c1-10-19-15(25-20-10)12-5-6-21(9-12)16(22)18-8-11-3-4-14(13(17)7-11)26(2,23)24/h3-4,7,12H,5-6,8-9H2,1-2H3,(H,18,22).